The van der Waals surface area contributed by atoms with Crippen molar-refractivity contribution >= 4 is 23.2 Å². The van der Waals surface area contributed by atoms with Crippen LogP contribution in [-0.4, -0.2) is 5.11 Å². The van der Waals surface area contributed by atoms with Gasteiger partial charge in [-0.25, -0.2) is 4.39 Å². The highest BCUT2D eigenvalue weighted by molar-refractivity contribution is 6.35. The first-order chi connectivity index (χ1) is 6.38. The van der Waals surface area contributed by atoms with Crippen molar-refractivity contribution in [3.8, 4) is 0 Å². The molecule has 1 unspecified atom stereocenters. The zero-order chi connectivity index (χ0) is 10.9. The topological polar surface area (TPSA) is 20.2 Å². The van der Waals surface area contributed by atoms with Gasteiger partial charge in [-0.3, -0.25) is 0 Å². The normalized spacial score (nSPS) is 14.9. The van der Waals surface area contributed by atoms with Crippen molar-refractivity contribution in [2.75, 3.05) is 0 Å². The van der Waals surface area contributed by atoms with Gasteiger partial charge in [0.25, 0.3) is 0 Å². The molecule has 0 radical (unpaired) electrons. The molecule has 0 saturated heterocycles. The zero-order valence-corrected chi connectivity index (χ0v) is 9.03. The molecular weight excluding hydrogens is 226 g/mol. The van der Waals surface area contributed by atoms with Crippen LogP contribution in [0.2, 0.25) is 10.0 Å². The Bertz CT molecular complexity index is 375. The number of hydrogen-bond acceptors (Lipinski definition) is 1. The highest BCUT2D eigenvalue weighted by Gasteiger charge is 2.23. The summed E-state index contributed by atoms with van der Waals surface area (Å²) < 4.78 is 13.1. The molecule has 1 aromatic rings. The molecule has 0 saturated carbocycles. The van der Waals surface area contributed by atoms with Gasteiger partial charge in [-0.1, -0.05) is 35.9 Å². The average Bonchev–Trinajstić information content (AvgIpc) is 2.11. The fourth-order valence-electron chi connectivity index (χ4n) is 1.02. The van der Waals surface area contributed by atoms with Crippen molar-refractivity contribution in [1.82, 2.24) is 0 Å². The number of benzene rings is 1. The van der Waals surface area contributed by atoms with E-state index in [2.05, 4.69) is 6.58 Å². The van der Waals surface area contributed by atoms with Crippen molar-refractivity contribution in [3.63, 3.8) is 0 Å². The van der Waals surface area contributed by atoms with Crippen LogP contribution < -0.4 is 0 Å². The molecule has 14 heavy (non-hydrogen) atoms. The van der Waals surface area contributed by atoms with E-state index in [0.29, 0.717) is 0 Å². The minimum atomic E-state index is -1.36. The SMILES string of the molecule is C=CC(C)(O)c1cc(F)c(Cl)cc1Cl. The second kappa shape index (κ2) is 3.89. The van der Waals surface area contributed by atoms with Gasteiger partial charge in [-0.15, -0.1) is 0 Å². The van der Waals surface area contributed by atoms with E-state index in [9.17, 15) is 9.50 Å². The van der Waals surface area contributed by atoms with Crippen molar-refractivity contribution in [3.05, 3.63) is 46.2 Å². The second-order valence-electron chi connectivity index (χ2n) is 3.10. The van der Waals surface area contributed by atoms with Crippen LogP contribution in [0.1, 0.15) is 12.5 Å². The van der Waals surface area contributed by atoms with E-state index < -0.39 is 11.4 Å². The third-order valence-electron chi connectivity index (χ3n) is 1.95. The first kappa shape index (κ1) is 11.5. The number of halogens is 3. The van der Waals surface area contributed by atoms with Crippen LogP contribution in [0.5, 0.6) is 0 Å². The van der Waals surface area contributed by atoms with Gasteiger partial charge in [0.15, 0.2) is 0 Å². The molecule has 0 amide bonds. The third-order valence-corrected chi connectivity index (χ3v) is 2.56. The van der Waals surface area contributed by atoms with Gasteiger partial charge in [-0.05, 0) is 19.1 Å². The third kappa shape index (κ3) is 2.08. The van der Waals surface area contributed by atoms with Crippen molar-refractivity contribution in [2.45, 2.75) is 12.5 Å². The van der Waals surface area contributed by atoms with E-state index in [4.69, 9.17) is 23.2 Å². The van der Waals surface area contributed by atoms with Gasteiger partial charge in [0.05, 0.1) is 5.02 Å². The molecular formula is C10H9Cl2FO. The molecule has 0 spiro atoms. The first-order valence-corrected chi connectivity index (χ1v) is 4.65. The Morgan fingerprint density at radius 1 is 1.43 bits per heavy atom. The smallest absolute Gasteiger partial charge is 0.142 e. The Hall–Kier alpha value is -0.570. The van der Waals surface area contributed by atoms with Gasteiger partial charge < -0.3 is 5.11 Å². The van der Waals surface area contributed by atoms with Gasteiger partial charge in [0.1, 0.15) is 11.4 Å². The molecule has 1 nitrogen and oxygen atoms in total. The Balaban J connectivity index is 3.36. The van der Waals surface area contributed by atoms with E-state index in [1.54, 1.807) is 0 Å². The van der Waals surface area contributed by atoms with Crippen LogP contribution in [0.25, 0.3) is 0 Å². The number of hydrogen-bond donors (Lipinski definition) is 1. The largest absolute Gasteiger partial charge is 0.381 e. The standard InChI is InChI=1S/C10H9Cl2FO/c1-3-10(2,14)6-4-9(13)8(12)5-7(6)11/h3-5,14H,1H2,2H3. The summed E-state index contributed by atoms with van der Waals surface area (Å²) in [6.07, 6.45) is 1.28. The van der Waals surface area contributed by atoms with Crippen LogP contribution in [0.4, 0.5) is 4.39 Å². The molecule has 0 heterocycles. The van der Waals surface area contributed by atoms with Crippen LogP contribution in [0, 0.1) is 5.82 Å². The van der Waals surface area contributed by atoms with Crippen LogP contribution in [0.15, 0.2) is 24.8 Å². The lowest BCUT2D eigenvalue weighted by atomic mass is 9.96. The lowest BCUT2D eigenvalue weighted by molar-refractivity contribution is 0.111. The van der Waals surface area contributed by atoms with E-state index in [0.717, 1.165) is 6.07 Å². The van der Waals surface area contributed by atoms with Gasteiger partial charge in [-0.2, -0.15) is 0 Å². The quantitative estimate of drug-likeness (QED) is 0.614. The van der Waals surface area contributed by atoms with Gasteiger partial charge in [0.2, 0.25) is 0 Å². The van der Waals surface area contributed by atoms with E-state index in [1.165, 1.54) is 19.1 Å². The zero-order valence-electron chi connectivity index (χ0n) is 7.52. The first-order valence-electron chi connectivity index (χ1n) is 3.89. The number of aliphatic hydroxyl groups is 1. The molecule has 76 valence electrons. The Morgan fingerprint density at radius 3 is 2.50 bits per heavy atom. The maximum absolute atomic E-state index is 13.1. The summed E-state index contributed by atoms with van der Waals surface area (Å²) in [5.74, 6) is -0.617. The highest BCUT2D eigenvalue weighted by atomic mass is 35.5. The molecule has 1 rings (SSSR count). The lowest BCUT2D eigenvalue weighted by Gasteiger charge is -2.20. The number of rotatable bonds is 2. The van der Waals surface area contributed by atoms with Crippen molar-refractivity contribution < 1.29 is 9.50 Å². The maximum atomic E-state index is 13.1. The summed E-state index contributed by atoms with van der Waals surface area (Å²) >= 11 is 11.3. The van der Waals surface area contributed by atoms with Crippen LogP contribution in [0.3, 0.4) is 0 Å². The minimum absolute atomic E-state index is 0.0707. The molecule has 1 aromatic carbocycles. The second-order valence-corrected chi connectivity index (χ2v) is 3.91. The molecule has 1 N–H and O–H groups in total. The molecule has 0 bridgehead atoms. The van der Waals surface area contributed by atoms with Crippen LogP contribution >= 0.6 is 23.2 Å². The lowest BCUT2D eigenvalue weighted by Crippen LogP contribution is -2.18. The molecule has 0 aromatic heterocycles. The molecule has 0 fully saturated rings. The van der Waals surface area contributed by atoms with E-state index >= 15 is 0 Å². The fraction of sp³-hybridized carbons (Fsp3) is 0.200. The van der Waals surface area contributed by atoms with Gasteiger partial charge in [0, 0.05) is 10.6 Å². The summed E-state index contributed by atoms with van der Waals surface area (Å²) in [7, 11) is 0. The predicted octanol–water partition coefficient (Wildman–Crippen LogP) is 3.53. The monoisotopic (exact) mass is 234 g/mol. The predicted molar refractivity (Wildman–Crippen MR) is 56.2 cm³/mol. The molecule has 1 atom stereocenters. The van der Waals surface area contributed by atoms with Crippen molar-refractivity contribution in [2.24, 2.45) is 0 Å². The van der Waals surface area contributed by atoms with Gasteiger partial charge >= 0.3 is 0 Å². The molecule has 4 heteroatoms. The average molecular weight is 235 g/mol. The summed E-state index contributed by atoms with van der Waals surface area (Å²) in [5, 5.41) is 9.92. The molecule has 0 aliphatic rings. The fourth-order valence-corrected chi connectivity index (χ4v) is 1.59. The Morgan fingerprint density at radius 2 is 2.00 bits per heavy atom. The summed E-state index contributed by atoms with van der Waals surface area (Å²) in [6.45, 7) is 4.90. The summed E-state index contributed by atoms with van der Waals surface area (Å²) in [6, 6.07) is 2.36. The highest BCUT2D eigenvalue weighted by Crippen LogP contribution is 2.32. The maximum Gasteiger partial charge on any atom is 0.142 e. The summed E-state index contributed by atoms with van der Waals surface area (Å²) in [5.41, 5.74) is -1.11. The molecule has 0 aliphatic heterocycles. The summed E-state index contributed by atoms with van der Waals surface area (Å²) in [4.78, 5) is 0. The molecule has 0 aliphatic carbocycles. The minimum Gasteiger partial charge on any atom is -0.381 e. The van der Waals surface area contributed by atoms with E-state index in [-0.39, 0.29) is 15.6 Å². The van der Waals surface area contributed by atoms with E-state index in [1.807, 2.05) is 0 Å². The van der Waals surface area contributed by atoms with Crippen molar-refractivity contribution in [1.29, 1.82) is 0 Å². The Labute approximate surface area is 91.8 Å². The van der Waals surface area contributed by atoms with Crippen LogP contribution in [-0.2, 0) is 5.60 Å². The Kier molecular flexibility index (Phi) is 3.20.